The molecule has 0 amide bonds. The molecule has 0 aliphatic rings. The molecule has 1 aromatic carbocycles. The van der Waals surface area contributed by atoms with Crippen molar-refractivity contribution in [2.75, 3.05) is 0 Å². The van der Waals surface area contributed by atoms with E-state index in [0.717, 1.165) is 26.7 Å². The number of benzene rings is 1. The summed E-state index contributed by atoms with van der Waals surface area (Å²) < 4.78 is 0. The largest absolute Gasteiger partial charge is 0.384 e. The Labute approximate surface area is 130 Å². The maximum Gasteiger partial charge on any atom is 0.125 e. The molecule has 1 aromatic heterocycles. The van der Waals surface area contributed by atoms with Crippen LogP contribution in [0.25, 0.3) is 0 Å². The van der Waals surface area contributed by atoms with Gasteiger partial charge in [0.25, 0.3) is 0 Å². The third kappa shape index (κ3) is 3.64. The van der Waals surface area contributed by atoms with Crippen molar-refractivity contribution in [1.82, 2.24) is 4.98 Å². The first kappa shape index (κ1) is 15.6. The average molecular weight is 299 g/mol. The number of nitrogens with two attached hydrogens (primary N) is 1. The van der Waals surface area contributed by atoms with Gasteiger partial charge >= 0.3 is 0 Å². The molecule has 3 N–H and O–H groups in total. The maximum absolute atomic E-state index is 7.77. The molecule has 110 valence electrons. The molecule has 0 aliphatic carbocycles. The summed E-state index contributed by atoms with van der Waals surface area (Å²) in [4.78, 5) is 5.66. The van der Waals surface area contributed by atoms with Crippen LogP contribution in [0.15, 0.2) is 40.3 Å². The highest BCUT2D eigenvalue weighted by atomic mass is 32.2. The van der Waals surface area contributed by atoms with E-state index >= 15 is 0 Å². The van der Waals surface area contributed by atoms with Crippen LogP contribution in [0.4, 0.5) is 0 Å². The van der Waals surface area contributed by atoms with Gasteiger partial charge in [-0.3, -0.25) is 5.41 Å². The first-order chi connectivity index (χ1) is 9.88. The summed E-state index contributed by atoms with van der Waals surface area (Å²) in [7, 11) is 0. The maximum atomic E-state index is 7.77. The number of hydrogen-bond acceptors (Lipinski definition) is 3. The molecule has 2 rings (SSSR count). The van der Waals surface area contributed by atoms with Gasteiger partial charge in [-0.1, -0.05) is 37.7 Å². The topological polar surface area (TPSA) is 62.8 Å². The number of rotatable bonds is 4. The molecule has 0 fully saturated rings. The Kier molecular flexibility index (Phi) is 4.68. The minimum atomic E-state index is 0.0706. The number of hydrogen-bond donors (Lipinski definition) is 2. The summed E-state index contributed by atoms with van der Waals surface area (Å²) in [6, 6.07) is 10.4. The minimum absolute atomic E-state index is 0.0706. The lowest BCUT2D eigenvalue weighted by molar-refractivity contribution is 0.865. The number of nitrogen functional groups attached to an aromatic ring is 1. The first-order valence-corrected chi connectivity index (χ1v) is 7.80. The van der Waals surface area contributed by atoms with Crippen LogP contribution in [-0.2, 0) is 0 Å². The molecule has 3 nitrogen and oxygen atoms in total. The van der Waals surface area contributed by atoms with Crippen LogP contribution in [-0.4, -0.2) is 10.8 Å². The standard InChI is InChI=1S/C17H21N3S/c1-10(2)13-5-7-14(8-6-13)21-17-15(16(18)19)11(3)9-12(4)20-17/h5-10H,1-4H3,(H3,18,19). The van der Waals surface area contributed by atoms with E-state index in [0.29, 0.717) is 5.92 Å². The van der Waals surface area contributed by atoms with Crippen LogP contribution in [0, 0.1) is 19.3 Å². The third-order valence-electron chi connectivity index (χ3n) is 3.34. The van der Waals surface area contributed by atoms with Crippen molar-refractivity contribution >= 4 is 17.6 Å². The fourth-order valence-electron chi connectivity index (χ4n) is 2.24. The molecule has 1 heterocycles. The van der Waals surface area contributed by atoms with Gasteiger partial charge in [0.2, 0.25) is 0 Å². The van der Waals surface area contributed by atoms with E-state index in [-0.39, 0.29) is 5.84 Å². The molecule has 4 heteroatoms. The number of nitrogens with one attached hydrogen (secondary N) is 1. The van der Waals surface area contributed by atoms with Gasteiger partial charge in [0, 0.05) is 10.6 Å². The smallest absolute Gasteiger partial charge is 0.125 e. The van der Waals surface area contributed by atoms with Crippen molar-refractivity contribution in [1.29, 1.82) is 5.41 Å². The first-order valence-electron chi connectivity index (χ1n) is 6.99. The Morgan fingerprint density at radius 1 is 1.19 bits per heavy atom. The number of amidine groups is 1. The second-order valence-corrected chi connectivity index (χ2v) is 6.56. The molecular weight excluding hydrogens is 278 g/mol. The Hall–Kier alpha value is -1.81. The molecule has 0 atom stereocenters. The lowest BCUT2D eigenvalue weighted by atomic mass is 10.0. The number of nitrogens with zero attached hydrogens (tertiary/aromatic N) is 1. The van der Waals surface area contributed by atoms with E-state index in [4.69, 9.17) is 11.1 Å². The molecule has 0 bridgehead atoms. The van der Waals surface area contributed by atoms with Gasteiger partial charge in [-0.15, -0.1) is 0 Å². The lowest BCUT2D eigenvalue weighted by Gasteiger charge is -2.12. The predicted octanol–water partition coefficient (Wildman–Crippen LogP) is 4.26. The van der Waals surface area contributed by atoms with E-state index in [9.17, 15) is 0 Å². The van der Waals surface area contributed by atoms with Gasteiger partial charge in [0.15, 0.2) is 0 Å². The van der Waals surface area contributed by atoms with Gasteiger partial charge < -0.3 is 5.73 Å². The van der Waals surface area contributed by atoms with E-state index in [1.165, 1.54) is 5.56 Å². The molecule has 0 spiro atoms. The van der Waals surface area contributed by atoms with Crippen LogP contribution in [0.2, 0.25) is 0 Å². The van der Waals surface area contributed by atoms with Crippen molar-refractivity contribution in [3.63, 3.8) is 0 Å². The van der Waals surface area contributed by atoms with E-state index in [1.54, 1.807) is 11.8 Å². The van der Waals surface area contributed by atoms with Gasteiger partial charge in [-0.2, -0.15) is 0 Å². The minimum Gasteiger partial charge on any atom is -0.384 e. The van der Waals surface area contributed by atoms with Crippen LogP contribution >= 0.6 is 11.8 Å². The number of aromatic nitrogens is 1. The Bertz CT molecular complexity index is 660. The van der Waals surface area contributed by atoms with E-state index in [1.807, 2.05) is 19.9 Å². The zero-order valence-corrected chi connectivity index (χ0v) is 13.7. The van der Waals surface area contributed by atoms with Crippen molar-refractivity contribution in [2.24, 2.45) is 5.73 Å². The molecule has 0 radical (unpaired) electrons. The highest BCUT2D eigenvalue weighted by Gasteiger charge is 2.13. The second kappa shape index (κ2) is 6.31. The van der Waals surface area contributed by atoms with Crippen LogP contribution < -0.4 is 5.73 Å². The third-order valence-corrected chi connectivity index (χ3v) is 4.34. The quantitative estimate of drug-likeness (QED) is 0.655. The monoisotopic (exact) mass is 299 g/mol. The summed E-state index contributed by atoms with van der Waals surface area (Å²) in [5.41, 5.74) is 9.71. The Balaban J connectivity index is 2.37. The highest BCUT2D eigenvalue weighted by molar-refractivity contribution is 7.99. The molecule has 0 aliphatic heterocycles. The van der Waals surface area contributed by atoms with E-state index < -0.39 is 0 Å². The molecule has 21 heavy (non-hydrogen) atoms. The molecule has 2 aromatic rings. The van der Waals surface area contributed by atoms with Crippen LogP contribution in [0.5, 0.6) is 0 Å². The van der Waals surface area contributed by atoms with Crippen LogP contribution in [0.1, 0.15) is 42.1 Å². The fourth-order valence-corrected chi connectivity index (χ4v) is 3.29. The van der Waals surface area contributed by atoms with Crippen molar-refractivity contribution in [2.45, 2.75) is 43.5 Å². The van der Waals surface area contributed by atoms with Crippen molar-refractivity contribution in [3.8, 4) is 0 Å². The van der Waals surface area contributed by atoms with Gasteiger partial charge in [-0.25, -0.2) is 4.98 Å². The molecular formula is C17H21N3S. The normalized spacial score (nSPS) is 10.9. The summed E-state index contributed by atoms with van der Waals surface area (Å²) in [6.07, 6.45) is 0. The van der Waals surface area contributed by atoms with Crippen molar-refractivity contribution < 1.29 is 0 Å². The van der Waals surface area contributed by atoms with E-state index in [2.05, 4.69) is 43.1 Å². The van der Waals surface area contributed by atoms with Gasteiger partial charge in [-0.05, 0) is 49.1 Å². The lowest BCUT2D eigenvalue weighted by Crippen LogP contribution is -2.15. The summed E-state index contributed by atoms with van der Waals surface area (Å²) in [5.74, 6) is 0.595. The predicted molar refractivity (Wildman–Crippen MR) is 89.4 cm³/mol. The SMILES string of the molecule is Cc1cc(C)c(C(=N)N)c(Sc2ccc(C(C)C)cc2)n1. The fraction of sp³-hybridized carbons (Fsp3) is 0.294. The number of pyridine rings is 1. The Morgan fingerprint density at radius 2 is 1.81 bits per heavy atom. The van der Waals surface area contributed by atoms with Gasteiger partial charge in [0.1, 0.15) is 10.9 Å². The second-order valence-electron chi connectivity index (χ2n) is 5.50. The van der Waals surface area contributed by atoms with Crippen molar-refractivity contribution in [3.05, 3.63) is 52.7 Å². The molecule has 0 saturated heterocycles. The number of aryl methyl sites for hydroxylation is 2. The highest BCUT2D eigenvalue weighted by Crippen LogP contribution is 2.31. The van der Waals surface area contributed by atoms with Crippen LogP contribution in [0.3, 0.4) is 0 Å². The summed E-state index contributed by atoms with van der Waals surface area (Å²) >= 11 is 1.56. The van der Waals surface area contributed by atoms with Gasteiger partial charge in [0.05, 0.1) is 5.56 Å². The molecule has 0 unspecified atom stereocenters. The zero-order valence-electron chi connectivity index (χ0n) is 12.9. The Morgan fingerprint density at radius 3 is 2.33 bits per heavy atom. The zero-order chi connectivity index (χ0) is 15.6. The average Bonchev–Trinajstić information content (AvgIpc) is 2.37. The summed E-state index contributed by atoms with van der Waals surface area (Å²) in [5, 5.41) is 8.57. The molecule has 0 saturated carbocycles. The summed E-state index contributed by atoms with van der Waals surface area (Å²) in [6.45, 7) is 8.29.